The van der Waals surface area contributed by atoms with Crippen molar-refractivity contribution in [2.75, 3.05) is 13.1 Å². The van der Waals surface area contributed by atoms with Gasteiger partial charge in [-0.15, -0.1) is 0 Å². The molecule has 0 bridgehead atoms. The Morgan fingerprint density at radius 2 is 2.16 bits per heavy atom. The lowest BCUT2D eigenvalue weighted by Crippen LogP contribution is -2.34. The van der Waals surface area contributed by atoms with Gasteiger partial charge in [0, 0.05) is 31.3 Å². The Morgan fingerprint density at radius 3 is 2.84 bits per heavy atom. The van der Waals surface area contributed by atoms with E-state index in [4.69, 9.17) is 0 Å². The van der Waals surface area contributed by atoms with Crippen LogP contribution in [0.15, 0.2) is 36.4 Å². The summed E-state index contributed by atoms with van der Waals surface area (Å²) in [5, 5.41) is 18.2. The summed E-state index contributed by atoms with van der Waals surface area (Å²) in [4.78, 5) is 0. The summed E-state index contributed by atoms with van der Waals surface area (Å²) in [6.45, 7) is 1.55. The molecule has 0 aliphatic carbocycles. The van der Waals surface area contributed by atoms with Gasteiger partial charge in [-0.1, -0.05) is 30.3 Å². The standard InChI is InChI=1S/C15H19N3O/c1-18-13(10-15(19)7-8-16-11-15)9-14(17-18)12-5-3-2-4-6-12/h2-6,9,16,19H,7-8,10-11H2,1H3. The molecule has 0 amide bonds. The van der Waals surface area contributed by atoms with E-state index in [2.05, 4.69) is 28.6 Å². The summed E-state index contributed by atoms with van der Waals surface area (Å²) < 4.78 is 1.87. The highest BCUT2D eigenvalue weighted by Gasteiger charge is 2.32. The first-order valence-electron chi connectivity index (χ1n) is 6.68. The molecular formula is C15H19N3O. The molecule has 1 aromatic heterocycles. The Balaban J connectivity index is 1.86. The SMILES string of the molecule is Cn1nc(-c2ccccc2)cc1CC1(O)CCNC1. The molecule has 2 aromatic rings. The molecule has 2 heterocycles. The molecule has 4 heteroatoms. The van der Waals surface area contributed by atoms with E-state index < -0.39 is 5.60 Å². The van der Waals surface area contributed by atoms with Crippen LogP contribution in [0.2, 0.25) is 0 Å². The molecule has 1 aromatic carbocycles. The zero-order valence-electron chi connectivity index (χ0n) is 11.1. The van der Waals surface area contributed by atoms with Crippen molar-refractivity contribution in [2.24, 2.45) is 7.05 Å². The highest BCUT2D eigenvalue weighted by molar-refractivity contribution is 5.59. The van der Waals surface area contributed by atoms with Crippen molar-refractivity contribution >= 4 is 0 Å². The second kappa shape index (κ2) is 4.79. The molecule has 1 saturated heterocycles. The Hall–Kier alpha value is -1.65. The van der Waals surface area contributed by atoms with Gasteiger partial charge in [0.15, 0.2) is 0 Å². The number of hydrogen-bond acceptors (Lipinski definition) is 3. The summed E-state index contributed by atoms with van der Waals surface area (Å²) in [5.74, 6) is 0. The molecule has 3 rings (SSSR count). The molecule has 1 aliphatic rings. The first-order chi connectivity index (χ1) is 9.16. The van der Waals surface area contributed by atoms with Crippen molar-refractivity contribution in [3.8, 4) is 11.3 Å². The number of nitrogens with zero attached hydrogens (tertiary/aromatic N) is 2. The molecule has 2 N–H and O–H groups in total. The molecule has 0 radical (unpaired) electrons. The number of hydrogen-bond donors (Lipinski definition) is 2. The maximum absolute atomic E-state index is 10.4. The average Bonchev–Trinajstić information content (AvgIpc) is 2.99. The van der Waals surface area contributed by atoms with E-state index >= 15 is 0 Å². The minimum Gasteiger partial charge on any atom is -0.388 e. The van der Waals surface area contributed by atoms with Gasteiger partial charge in [-0.2, -0.15) is 5.10 Å². The van der Waals surface area contributed by atoms with Crippen molar-refractivity contribution in [1.29, 1.82) is 0 Å². The summed E-state index contributed by atoms with van der Waals surface area (Å²) in [5.41, 5.74) is 2.53. The minimum absolute atomic E-state index is 0.623. The van der Waals surface area contributed by atoms with Gasteiger partial charge < -0.3 is 10.4 Å². The van der Waals surface area contributed by atoms with E-state index in [1.807, 2.05) is 29.9 Å². The van der Waals surface area contributed by atoms with Gasteiger partial charge in [0.05, 0.1) is 11.3 Å². The number of nitrogens with one attached hydrogen (secondary N) is 1. The average molecular weight is 257 g/mol. The van der Waals surface area contributed by atoms with E-state index in [9.17, 15) is 5.11 Å². The van der Waals surface area contributed by atoms with Crippen LogP contribution in [0, 0.1) is 0 Å². The van der Waals surface area contributed by atoms with Gasteiger partial charge in [0.25, 0.3) is 0 Å². The molecule has 1 unspecified atom stereocenters. The smallest absolute Gasteiger partial charge is 0.0925 e. The Kier molecular flexibility index (Phi) is 3.12. The fourth-order valence-electron chi connectivity index (χ4n) is 2.64. The van der Waals surface area contributed by atoms with Crippen LogP contribution in [0.25, 0.3) is 11.3 Å². The topological polar surface area (TPSA) is 50.1 Å². The lowest BCUT2D eigenvalue weighted by atomic mass is 9.96. The zero-order valence-corrected chi connectivity index (χ0v) is 11.1. The van der Waals surface area contributed by atoms with Crippen molar-refractivity contribution < 1.29 is 5.11 Å². The third kappa shape index (κ3) is 2.55. The normalized spacial score (nSPS) is 22.8. The Morgan fingerprint density at radius 1 is 1.37 bits per heavy atom. The highest BCUT2D eigenvalue weighted by atomic mass is 16.3. The van der Waals surface area contributed by atoms with Crippen LogP contribution in [0.4, 0.5) is 0 Å². The minimum atomic E-state index is -0.623. The first kappa shape index (κ1) is 12.4. The lowest BCUT2D eigenvalue weighted by molar-refractivity contribution is 0.0599. The van der Waals surface area contributed by atoms with Crippen LogP contribution < -0.4 is 5.32 Å². The summed E-state index contributed by atoms with van der Waals surface area (Å²) >= 11 is 0. The van der Waals surface area contributed by atoms with Crippen LogP contribution in [-0.2, 0) is 13.5 Å². The Labute approximate surface area is 113 Å². The van der Waals surface area contributed by atoms with Crippen molar-refractivity contribution in [3.05, 3.63) is 42.1 Å². The first-order valence-corrected chi connectivity index (χ1v) is 6.68. The molecule has 1 atom stereocenters. The van der Waals surface area contributed by atoms with Crippen LogP contribution in [0.5, 0.6) is 0 Å². The number of rotatable bonds is 3. The second-order valence-electron chi connectivity index (χ2n) is 5.34. The van der Waals surface area contributed by atoms with Gasteiger partial charge in [-0.25, -0.2) is 0 Å². The molecule has 0 spiro atoms. The van der Waals surface area contributed by atoms with E-state index in [1.165, 1.54) is 0 Å². The van der Waals surface area contributed by atoms with Crippen LogP contribution in [-0.4, -0.2) is 33.6 Å². The number of aryl methyl sites for hydroxylation is 1. The number of aliphatic hydroxyl groups is 1. The third-order valence-electron chi connectivity index (χ3n) is 3.78. The molecular weight excluding hydrogens is 238 g/mol. The number of benzene rings is 1. The van der Waals surface area contributed by atoms with Crippen LogP contribution in [0.1, 0.15) is 12.1 Å². The summed E-state index contributed by atoms with van der Waals surface area (Å²) in [7, 11) is 1.94. The number of β-amino-alcohol motifs (C(OH)–C–C–N with tert-alkyl or cyclic N) is 1. The monoisotopic (exact) mass is 257 g/mol. The van der Waals surface area contributed by atoms with Crippen molar-refractivity contribution in [2.45, 2.75) is 18.4 Å². The van der Waals surface area contributed by atoms with Gasteiger partial charge in [0.1, 0.15) is 0 Å². The van der Waals surface area contributed by atoms with Gasteiger partial charge >= 0.3 is 0 Å². The van der Waals surface area contributed by atoms with Crippen LogP contribution in [0.3, 0.4) is 0 Å². The highest BCUT2D eigenvalue weighted by Crippen LogP contribution is 2.24. The maximum atomic E-state index is 10.4. The largest absolute Gasteiger partial charge is 0.388 e. The zero-order chi connectivity index (χ0) is 13.3. The van der Waals surface area contributed by atoms with Crippen molar-refractivity contribution in [1.82, 2.24) is 15.1 Å². The van der Waals surface area contributed by atoms with Gasteiger partial charge in [0.2, 0.25) is 0 Å². The predicted octanol–water partition coefficient (Wildman–Crippen LogP) is 1.35. The maximum Gasteiger partial charge on any atom is 0.0925 e. The molecule has 4 nitrogen and oxygen atoms in total. The summed E-state index contributed by atoms with van der Waals surface area (Å²) in [6, 6.07) is 12.2. The molecule has 1 fully saturated rings. The molecule has 0 saturated carbocycles. The van der Waals surface area contributed by atoms with Crippen LogP contribution >= 0.6 is 0 Å². The molecule has 1 aliphatic heterocycles. The fraction of sp³-hybridized carbons (Fsp3) is 0.400. The van der Waals surface area contributed by atoms with Gasteiger partial charge in [-0.05, 0) is 19.0 Å². The van der Waals surface area contributed by atoms with Gasteiger partial charge in [-0.3, -0.25) is 4.68 Å². The van der Waals surface area contributed by atoms with E-state index in [0.717, 1.165) is 29.9 Å². The van der Waals surface area contributed by atoms with E-state index in [-0.39, 0.29) is 0 Å². The fourth-order valence-corrected chi connectivity index (χ4v) is 2.64. The quantitative estimate of drug-likeness (QED) is 0.873. The van der Waals surface area contributed by atoms with E-state index in [1.54, 1.807) is 0 Å². The van der Waals surface area contributed by atoms with Crippen molar-refractivity contribution in [3.63, 3.8) is 0 Å². The van der Waals surface area contributed by atoms with E-state index in [0.29, 0.717) is 13.0 Å². The lowest BCUT2D eigenvalue weighted by Gasteiger charge is -2.20. The molecule has 100 valence electrons. The number of aromatic nitrogens is 2. The third-order valence-corrected chi connectivity index (χ3v) is 3.78. The summed E-state index contributed by atoms with van der Waals surface area (Å²) in [6.07, 6.45) is 1.45. The predicted molar refractivity (Wildman–Crippen MR) is 74.8 cm³/mol. The Bertz CT molecular complexity index is 556. The second-order valence-corrected chi connectivity index (χ2v) is 5.34. The molecule has 19 heavy (non-hydrogen) atoms.